The van der Waals surface area contributed by atoms with E-state index in [1.54, 1.807) is 34.8 Å². The Hall–Kier alpha value is -2.70. The van der Waals surface area contributed by atoms with Gasteiger partial charge in [0.15, 0.2) is 0 Å². The van der Waals surface area contributed by atoms with Crippen LogP contribution >= 0.6 is 0 Å². The van der Waals surface area contributed by atoms with E-state index in [1.807, 2.05) is 56.3 Å². The van der Waals surface area contributed by atoms with Gasteiger partial charge in [0.25, 0.3) is 0 Å². The van der Waals surface area contributed by atoms with E-state index in [0.29, 0.717) is 23.8 Å². The van der Waals surface area contributed by atoms with Crippen LogP contribution in [0.5, 0.6) is 5.88 Å². The number of rotatable bonds is 3. The van der Waals surface area contributed by atoms with Crippen LogP contribution in [0.2, 0.25) is 0 Å². The molecule has 0 bridgehead atoms. The van der Waals surface area contributed by atoms with E-state index in [1.165, 1.54) is 0 Å². The topological polar surface area (TPSA) is 59.5 Å². The van der Waals surface area contributed by atoms with E-state index in [0.717, 1.165) is 16.7 Å². The van der Waals surface area contributed by atoms with Crippen molar-refractivity contribution in [2.75, 3.05) is 6.61 Å². The molecule has 0 amide bonds. The highest BCUT2D eigenvalue weighted by molar-refractivity contribution is 7.89. The summed E-state index contributed by atoms with van der Waals surface area (Å²) in [5.74, 6) is 0.495. The number of ether oxygens (including phenoxy) is 1. The van der Waals surface area contributed by atoms with Gasteiger partial charge >= 0.3 is 0 Å². The van der Waals surface area contributed by atoms with E-state index in [-0.39, 0.29) is 6.54 Å². The Kier molecular flexibility index (Phi) is 5.15. The van der Waals surface area contributed by atoms with Gasteiger partial charge in [0.05, 0.1) is 11.5 Å². The smallest absolute Gasteiger partial charge is 0.243 e. The highest BCUT2D eigenvalue weighted by Crippen LogP contribution is 2.37. The van der Waals surface area contributed by atoms with Gasteiger partial charge in [-0.3, -0.25) is 0 Å². The molecule has 2 heterocycles. The maximum atomic E-state index is 13.6. The number of sulfonamides is 1. The fraction of sp³-hybridized carbons (Fsp3) is 0.261. The quantitative estimate of drug-likeness (QED) is 0.640. The molecule has 0 saturated heterocycles. The first-order chi connectivity index (χ1) is 13.9. The molecule has 0 saturated carbocycles. The van der Waals surface area contributed by atoms with Gasteiger partial charge in [-0.15, -0.1) is 0 Å². The van der Waals surface area contributed by atoms with Crippen molar-refractivity contribution in [3.8, 4) is 17.0 Å². The number of aromatic nitrogens is 1. The molecule has 1 aliphatic rings. The summed E-state index contributed by atoms with van der Waals surface area (Å²) in [5.41, 5.74) is 2.11. The van der Waals surface area contributed by atoms with Gasteiger partial charge < -0.3 is 4.74 Å². The molecule has 6 heteroatoms. The molecule has 4 rings (SSSR count). The Morgan fingerprint density at radius 1 is 0.966 bits per heavy atom. The molecular formula is C23H24N2O3S. The van der Waals surface area contributed by atoms with Gasteiger partial charge in [-0.05, 0) is 43.2 Å². The Morgan fingerprint density at radius 3 is 2.31 bits per heavy atom. The van der Waals surface area contributed by atoms with Crippen LogP contribution in [0.25, 0.3) is 11.1 Å². The molecule has 3 aromatic rings. The van der Waals surface area contributed by atoms with E-state index in [4.69, 9.17) is 4.74 Å². The lowest BCUT2D eigenvalue weighted by Gasteiger charge is -2.39. The lowest BCUT2D eigenvalue weighted by molar-refractivity contribution is 0.150. The molecule has 5 nitrogen and oxygen atoms in total. The van der Waals surface area contributed by atoms with Crippen molar-refractivity contribution in [1.29, 1.82) is 0 Å². The fourth-order valence-electron chi connectivity index (χ4n) is 3.65. The van der Waals surface area contributed by atoms with Crippen molar-refractivity contribution in [2.24, 2.45) is 0 Å². The minimum Gasteiger partial charge on any atom is -0.477 e. The van der Waals surface area contributed by atoms with E-state index in [2.05, 4.69) is 4.98 Å². The standard InChI is InChI=1S/C23H24N2O3S/c1-23(2)14-16-28-22-21(20(13-15-24-22)18-9-5-3-6-10-18)17-25(23)29(26,27)19-11-7-4-8-12-19/h3-13,15H,14,16-17H2,1-2H3. The molecule has 1 aliphatic heterocycles. The summed E-state index contributed by atoms with van der Waals surface area (Å²) in [7, 11) is -3.70. The fourth-order valence-corrected chi connectivity index (χ4v) is 5.44. The predicted molar refractivity (Wildman–Crippen MR) is 113 cm³/mol. The second kappa shape index (κ2) is 7.61. The van der Waals surface area contributed by atoms with Crippen molar-refractivity contribution in [2.45, 2.75) is 37.2 Å². The molecule has 2 aromatic carbocycles. The van der Waals surface area contributed by atoms with Gasteiger partial charge in [0, 0.05) is 30.3 Å². The van der Waals surface area contributed by atoms with Crippen LogP contribution in [0, 0.1) is 0 Å². The molecule has 0 fully saturated rings. The number of fused-ring (bicyclic) bond motifs is 1. The first kappa shape index (κ1) is 19.6. The summed E-state index contributed by atoms with van der Waals surface area (Å²) in [4.78, 5) is 4.69. The zero-order valence-electron chi connectivity index (χ0n) is 16.6. The van der Waals surface area contributed by atoms with Crippen LogP contribution in [0.4, 0.5) is 0 Å². The van der Waals surface area contributed by atoms with E-state index >= 15 is 0 Å². The molecule has 0 unspecified atom stereocenters. The number of benzene rings is 2. The molecular weight excluding hydrogens is 384 g/mol. The van der Waals surface area contributed by atoms with Gasteiger partial charge in [0.2, 0.25) is 15.9 Å². The molecule has 150 valence electrons. The number of nitrogens with zero attached hydrogens (tertiary/aromatic N) is 2. The summed E-state index contributed by atoms with van der Waals surface area (Å²) >= 11 is 0. The lowest BCUT2D eigenvalue weighted by atomic mass is 9.97. The zero-order chi connectivity index (χ0) is 20.5. The summed E-state index contributed by atoms with van der Waals surface area (Å²) < 4.78 is 34.7. The number of hydrogen-bond acceptors (Lipinski definition) is 4. The summed E-state index contributed by atoms with van der Waals surface area (Å²) in [6.07, 6.45) is 2.28. The second-order valence-corrected chi connectivity index (χ2v) is 9.61. The third-order valence-electron chi connectivity index (χ3n) is 5.36. The summed E-state index contributed by atoms with van der Waals surface area (Å²) in [5, 5.41) is 0. The van der Waals surface area contributed by atoms with Crippen molar-refractivity contribution < 1.29 is 13.2 Å². The number of pyridine rings is 1. The monoisotopic (exact) mass is 408 g/mol. The van der Waals surface area contributed by atoms with E-state index < -0.39 is 15.6 Å². The molecule has 1 aromatic heterocycles. The zero-order valence-corrected chi connectivity index (χ0v) is 17.4. The SMILES string of the molecule is CC1(C)CCOc2nccc(-c3ccccc3)c2CN1S(=O)(=O)c1ccccc1. The Bertz CT molecular complexity index is 1100. The van der Waals surface area contributed by atoms with Gasteiger partial charge in [-0.2, -0.15) is 4.31 Å². The minimum absolute atomic E-state index is 0.192. The molecule has 0 aliphatic carbocycles. The Morgan fingerprint density at radius 2 is 1.62 bits per heavy atom. The average Bonchev–Trinajstić information content (AvgIpc) is 2.72. The molecule has 0 atom stereocenters. The highest BCUT2D eigenvalue weighted by Gasteiger charge is 2.39. The minimum atomic E-state index is -3.70. The molecule has 0 N–H and O–H groups in total. The maximum Gasteiger partial charge on any atom is 0.243 e. The van der Waals surface area contributed by atoms with Crippen molar-refractivity contribution in [3.05, 3.63) is 78.5 Å². The summed E-state index contributed by atoms with van der Waals surface area (Å²) in [6, 6.07) is 20.4. The Labute approximate surface area is 172 Å². The summed E-state index contributed by atoms with van der Waals surface area (Å²) in [6.45, 7) is 4.48. The average molecular weight is 409 g/mol. The van der Waals surface area contributed by atoms with Crippen molar-refractivity contribution in [1.82, 2.24) is 9.29 Å². The maximum absolute atomic E-state index is 13.6. The lowest BCUT2D eigenvalue weighted by Crippen LogP contribution is -2.48. The molecule has 0 spiro atoms. The van der Waals surface area contributed by atoms with E-state index in [9.17, 15) is 8.42 Å². The first-order valence-corrected chi connectivity index (χ1v) is 11.1. The largest absolute Gasteiger partial charge is 0.477 e. The molecule has 0 radical (unpaired) electrons. The van der Waals surface area contributed by atoms with Crippen LogP contribution in [-0.2, 0) is 16.6 Å². The van der Waals surface area contributed by atoms with Crippen LogP contribution in [0.15, 0.2) is 77.8 Å². The molecule has 29 heavy (non-hydrogen) atoms. The van der Waals surface area contributed by atoms with Gasteiger partial charge in [0.1, 0.15) is 0 Å². The predicted octanol–water partition coefficient (Wildman–Crippen LogP) is 4.50. The number of hydrogen-bond donors (Lipinski definition) is 0. The Balaban J connectivity index is 1.87. The van der Waals surface area contributed by atoms with Gasteiger partial charge in [-0.1, -0.05) is 48.5 Å². The third kappa shape index (κ3) is 3.78. The third-order valence-corrected chi connectivity index (χ3v) is 7.43. The highest BCUT2D eigenvalue weighted by atomic mass is 32.2. The normalized spacial score (nSPS) is 16.9. The first-order valence-electron chi connectivity index (χ1n) is 9.63. The van der Waals surface area contributed by atoms with Crippen LogP contribution < -0.4 is 4.74 Å². The second-order valence-electron chi connectivity index (χ2n) is 7.74. The van der Waals surface area contributed by atoms with Crippen molar-refractivity contribution in [3.63, 3.8) is 0 Å². The van der Waals surface area contributed by atoms with Crippen LogP contribution in [0.1, 0.15) is 25.8 Å². The van der Waals surface area contributed by atoms with Crippen LogP contribution in [-0.4, -0.2) is 29.9 Å². The van der Waals surface area contributed by atoms with Crippen molar-refractivity contribution >= 4 is 10.0 Å². The van der Waals surface area contributed by atoms with Crippen LogP contribution in [0.3, 0.4) is 0 Å². The van der Waals surface area contributed by atoms with Gasteiger partial charge in [-0.25, -0.2) is 13.4 Å².